The molecule has 5 unspecified atom stereocenters. The van der Waals surface area contributed by atoms with Crippen molar-refractivity contribution >= 4 is 34.3 Å². The summed E-state index contributed by atoms with van der Waals surface area (Å²) in [7, 11) is 0. The fourth-order valence-electron chi connectivity index (χ4n) is 7.78. The van der Waals surface area contributed by atoms with E-state index in [2.05, 4.69) is 36.4 Å². The number of fused-ring (bicyclic) bond motifs is 6. The van der Waals surface area contributed by atoms with Gasteiger partial charge in [0.05, 0.1) is 0 Å². The van der Waals surface area contributed by atoms with E-state index in [9.17, 15) is 9.59 Å². The van der Waals surface area contributed by atoms with Gasteiger partial charge in [-0.3, -0.25) is 9.59 Å². The number of carbonyl (C=O) groups excluding carboxylic acids is 2. The Morgan fingerprint density at radius 3 is 2.54 bits per heavy atom. The maximum Gasteiger partial charge on any atom is 0.306 e. The van der Waals surface area contributed by atoms with Gasteiger partial charge in [0.25, 0.3) is 0 Å². The molecule has 0 N–H and O–H groups in total. The van der Waals surface area contributed by atoms with Crippen LogP contribution in [0.15, 0.2) is 11.6 Å². The average molecular weight is 468 g/mol. The van der Waals surface area contributed by atoms with Gasteiger partial charge in [-0.25, -0.2) is 0 Å². The van der Waals surface area contributed by atoms with Gasteiger partial charge in [-0.15, -0.1) is 0 Å². The maximum absolute atomic E-state index is 12.0. The molecule has 1 heterocycles. The van der Waals surface area contributed by atoms with Gasteiger partial charge in [0.2, 0.25) is 0 Å². The van der Waals surface area contributed by atoms with Crippen LogP contribution >= 0.6 is 22.6 Å². The van der Waals surface area contributed by atoms with Crippen molar-refractivity contribution in [1.29, 1.82) is 0 Å². The van der Waals surface area contributed by atoms with Crippen LogP contribution in [0.4, 0.5) is 0 Å². The zero-order chi connectivity index (χ0) is 18.3. The third-order valence-electron chi connectivity index (χ3n) is 9.27. The largest absolute Gasteiger partial charge is 0.458 e. The highest BCUT2D eigenvalue weighted by molar-refractivity contribution is 14.1. The van der Waals surface area contributed by atoms with Crippen molar-refractivity contribution in [3.05, 3.63) is 11.6 Å². The highest BCUT2D eigenvalue weighted by Crippen LogP contribution is 2.70. The number of alkyl halides is 1. The van der Waals surface area contributed by atoms with E-state index in [0.29, 0.717) is 33.9 Å². The van der Waals surface area contributed by atoms with Crippen molar-refractivity contribution in [3.8, 4) is 0 Å². The predicted octanol–water partition coefficient (Wildman–Crippen LogP) is 5.01. The van der Waals surface area contributed by atoms with Crippen LogP contribution in [0.3, 0.4) is 0 Å². The average Bonchev–Trinajstić information content (AvgIpc) is 3.11. The summed E-state index contributed by atoms with van der Waals surface area (Å²) < 4.78 is 6.64. The van der Waals surface area contributed by atoms with Gasteiger partial charge >= 0.3 is 5.97 Å². The molecule has 4 heteroatoms. The Labute approximate surface area is 169 Å². The number of ketones is 1. The lowest BCUT2D eigenvalue weighted by Gasteiger charge is -2.60. The van der Waals surface area contributed by atoms with Gasteiger partial charge < -0.3 is 4.74 Å². The fraction of sp³-hybridized carbons (Fsp3) is 0.818. The van der Waals surface area contributed by atoms with Crippen LogP contribution in [0, 0.1) is 28.6 Å². The van der Waals surface area contributed by atoms with E-state index in [1.54, 1.807) is 0 Å². The molecule has 5 aliphatic rings. The first-order valence-electron chi connectivity index (χ1n) is 10.4. The van der Waals surface area contributed by atoms with Crippen molar-refractivity contribution in [2.24, 2.45) is 28.6 Å². The molecule has 0 aromatic heterocycles. The summed E-state index contributed by atoms with van der Waals surface area (Å²) in [6, 6.07) is 0. The van der Waals surface area contributed by atoms with Crippen LogP contribution in [-0.4, -0.2) is 21.3 Å². The predicted molar refractivity (Wildman–Crippen MR) is 108 cm³/mol. The van der Waals surface area contributed by atoms with Gasteiger partial charge in [0, 0.05) is 22.2 Å². The molecule has 4 fully saturated rings. The molecule has 3 saturated carbocycles. The Hall–Kier alpha value is -0.390. The molecule has 0 amide bonds. The summed E-state index contributed by atoms with van der Waals surface area (Å²) in [6.45, 7) is 4.87. The minimum absolute atomic E-state index is 0.0200. The molecule has 4 aliphatic carbocycles. The normalized spacial score (nSPS) is 53.0. The second-order valence-corrected chi connectivity index (χ2v) is 11.6. The van der Waals surface area contributed by atoms with Gasteiger partial charge in [-0.1, -0.05) is 42.0 Å². The van der Waals surface area contributed by atoms with E-state index in [0.717, 1.165) is 32.1 Å². The standard InChI is InChI=1S/C22H29IO3/c1-20-7-3-14(24)11-13(20)12-17(23)19-15(20)4-8-21(2)16(19)5-9-22(21)10-6-18(25)26-22/h11,15-17,19H,3-10,12H2,1-2H3/t15?,16?,17-,19?,20?,21?,22-/m1/s1. The molecule has 1 saturated heterocycles. The van der Waals surface area contributed by atoms with Crippen LogP contribution in [0.25, 0.3) is 0 Å². The van der Waals surface area contributed by atoms with E-state index in [-0.39, 0.29) is 22.4 Å². The monoisotopic (exact) mass is 468 g/mol. The molecule has 0 aromatic carbocycles. The summed E-state index contributed by atoms with van der Waals surface area (Å²) in [6.07, 6.45) is 11.0. The van der Waals surface area contributed by atoms with Crippen molar-refractivity contribution in [2.45, 2.75) is 81.2 Å². The quantitative estimate of drug-likeness (QED) is 0.285. The van der Waals surface area contributed by atoms with E-state index < -0.39 is 0 Å². The van der Waals surface area contributed by atoms with Crippen molar-refractivity contribution in [1.82, 2.24) is 0 Å². The number of carbonyl (C=O) groups is 2. The second kappa shape index (κ2) is 5.57. The number of ether oxygens (including phenoxy) is 1. The number of rotatable bonds is 0. The third kappa shape index (κ3) is 2.11. The number of hydrogen-bond acceptors (Lipinski definition) is 3. The first-order valence-corrected chi connectivity index (χ1v) is 11.6. The molecule has 0 bridgehead atoms. The zero-order valence-corrected chi connectivity index (χ0v) is 18.0. The molecule has 1 aliphatic heterocycles. The number of esters is 1. The van der Waals surface area contributed by atoms with Gasteiger partial charge in [0.1, 0.15) is 5.60 Å². The summed E-state index contributed by atoms with van der Waals surface area (Å²) in [5.41, 5.74) is 1.60. The maximum atomic E-state index is 12.0. The molecule has 26 heavy (non-hydrogen) atoms. The number of allylic oxidation sites excluding steroid dienone is 1. The molecular formula is C22H29IO3. The van der Waals surface area contributed by atoms with Gasteiger partial charge in [-0.2, -0.15) is 0 Å². The summed E-state index contributed by atoms with van der Waals surface area (Å²) in [4.78, 5) is 24.0. The van der Waals surface area contributed by atoms with E-state index >= 15 is 0 Å². The Morgan fingerprint density at radius 2 is 1.81 bits per heavy atom. The molecular weight excluding hydrogens is 439 g/mol. The first-order chi connectivity index (χ1) is 12.3. The molecule has 0 radical (unpaired) electrons. The summed E-state index contributed by atoms with van der Waals surface area (Å²) in [5, 5.41) is 0. The van der Waals surface area contributed by atoms with Crippen molar-refractivity contribution in [2.75, 3.05) is 0 Å². The van der Waals surface area contributed by atoms with Gasteiger partial charge in [0.15, 0.2) is 5.78 Å². The minimum atomic E-state index is -0.185. The van der Waals surface area contributed by atoms with E-state index in [1.807, 2.05) is 6.08 Å². The lowest BCUT2D eigenvalue weighted by Crippen LogP contribution is -2.57. The van der Waals surface area contributed by atoms with Crippen LogP contribution in [-0.2, 0) is 14.3 Å². The second-order valence-electron chi connectivity index (χ2n) is 10.0. The van der Waals surface area contributed by atoms with Crippen LogP contribution in [0.5, 0.6) is 0 Å². The molecule has 5 rings (SSSR count). The Balaban J connectivity index is 1.53. The molecule has 7 atom stereocenters. The fourth-order valence-corrected chi connectivity index (χ4v) is 9.25. The Kier molecular flexibility index (Phi) is 3.79. The zero-order valence-electron chi connectivity index (χ0n) is 15.9. The van der Waals surface area contributed by atoms with Crippen molar-refractivity contribution in [3.63, 3.8) is 0 Å². The smallest absolute Gasteiger partial charge is 0.306 e. The molecule has 142 valence electrons. The van der Waals surface area contributed by atoms with Crippen molar-refractivity contribution < 1.29 is 14.3 Å². The Bertz CT molecular complexity index is 714. The molecule has 1 spiro atoms. The lowest BCUT2D eigenvalue weighted by molar-refractivity contribution is -0.167. The summed E-state index contributed by atoms with van der Waals surface area (Å²) in [5.74, 6) is 2.39. The van der Waals surface area contributed by atoms with E-state index in [1.165, 1.54) is 24.8 Å². The topological polar surface area (TPSA) is 43.4 Å². The Morgan fingerprint density at radius 1 is 1.04 bits per heavy atom. The van der Waals surface area contributed by atoms with Gasteiger partial charge in [-0.05, 0) is 74.2 Å². The highest BCUT2D eigenvalue weighted by Gasteiger charge is 2.68. The van der Waals surface area contributed by atoms with E-state index in [4.69, 9.17) is 4.74 Å². The minimum Gasteiger partial charge on any atom is -0.458 e. The summed E-state index contributed by atoms with van der Waals surface area (Å²) >= 11 is 2.67. The van der Waals surface area contributed by atoms with Crippen LogP contribution < -0.4 is 0 Å². The molecule has 3 nitrogen and oxygen atoms in total. The first kappa shape index (κ1) is 17.7. The number of hydrogen-bond donors (Lipinski definition) is 0. The SMILES string of the molecule is CC12CCC(=O)C=C1C[C@@H](I)C1C2CCC2(C)C1CC[C@@]21CCC(=O)O1. The lowest BCUT2D eigenvalue weighted by atomic mass is 9.46. The highest BCUT2D eigenvalue weighted by atomic mass is 127. The number of halogens is 1. The third-order valence-corrected chi connectivity index (χ3v) is 10.5. The van der Waals surface area contributed by atoms with Crippen LogP contribution in [0.1, 0.15) is 71.6 Å². The molecule has 0 aromatic rings. The van der Waals surface area contributed by atoms with Crippen LogP contribution in [0.2, 0.25) is 0 Å².